The van der Waals surface area contributed by atoms with Crippen molar-refractivity contribution in [2.75, 3.05) is 49.5 Å². The number of ketones is 1. The molecular weight excluding hydrogens is 438 g/mol. The molecular formula is C25H28ClN5O2. The van der Waals surface area contributed by atoms with Crippen LogP contribution in [-0.2, 0) is 7.05 Å². The molecule has 4 rings (SSSR count). The molecule has 3 aromatic rings. The Morgan fingerprint density at radius 2 is 1.70 bits per heavy atom. The number of benzene rings is 2. The first kappa shape index (κ1) is 23.0. The number of anilines is 2. The molecule has 1 aliphatic heterocycles. The highest BCUT2D eigenvalue weighted by Crippen LogP contribution is 2.27. The van der Waals surface area contributed by atoms with Gasteiger partial charge in [0.1, 0.15) is 11.4 Å². The number of Topliss-reactive ketones (excluding diaryl/α,β-unsaturated/α-hetero) is 1. The molecule has 172 valence electrons. The lowest BCUT2D eigenvalue weighted by Crippen LogP contribution is -2.47. The summed E-state index contributed by atoms with van der Waals surface area (Å²) in [6.45, 7) is 6.36. The molecule has 1 N–H and O–H groups in total. The van der Waals surface area contributed by atoms with Gasteiger partial charge in [-0.25, -0.2) is 4.68 Å². The number of nitrogens with one attached hydrogen (secondary N) is 1. The number of aryl methyl sites for hydroxylation is 1. The van der Waals surface area contributed by atoms with Crippen molar-refractivity contribution in [3.8, 4) is 11.3 Å². The normalized spacial score (nSPS) is 14.3. The van der Waals surface area contributed by atoms with Crippen LogP contribution >= 0.6 is 11.6 Å². The van der Waals surface area contributed by atoms with E-state index in [2.05, 4.69) is 20.2 Å². The van der Waals surface area contributed by atoms with Crippen LogP contribution in [0.15, 0.2) is 59.4 Å². The summed E-state index contributed by atoms with van der Waals surface area (Å²) >= 11 is 6.34. The van der Waals surface area contributed by atoms with Crippen LogP contribution < -0.4 is 15.8 Å². The first-order chi connectivity index (χ1) is 16.0. The fourth-order valence-electron chi connectivity index (χ4n) is 4.20. The lowest BCUT2D eigenvalue weighted by atomic mass is 10.0. The fraction of sp³-hybridized carbons (Fsp3) is 0.320. The maximum Gasteiger partial charge on any atom is 0.290 e. The Labute approximate surface area is 198 Å². The molecule has 7 nitrogen and oxygen atoms in total. The van der Waals surface area contributed by atoms with Crippen molar-refractivity contribution in [2.24, 2.45) is 7.05 Å². The largest absolute Gasteiger partial charge is 0.379 e. The molecule has 1 aliphatic rings. The number of aromatic nitrogens is 2. The molecule has 2 aromatic carbocycles. The van der Waals surface area contributed by atoms with Crippen LogP contribution in [-0.4, -0.2) is 59.7 Å². The van der Waals surface area contributed by atoms with E-state index in [0.717, 1.165) is 49.0 Å². The molecule has 0 unspecified atom stereocenters. The SMILES string of the molecule is CC(=O)c1c(-c2ccccc2)nn(C)c(=O)c1NCCN1CCN(c2ccccc2Cl)CC1. The molecule has 0 aliphatic carbocycles. The molecule has 0 radical (unpaired) electrons. The van der Waals surface area contributed by atoms with Crippen LogP contribution in [0.5, 0.6) is 0 Å². The number of hydrogen-bond acceptors (Lipinski definition) is 6. The third-order valence-corrected chi connectivity index (χ3v) is 6.26. The van der Waals surface area contributed by atoms with Crippen LogP contribution in [0.2, 0.25) is 5.02 Å². The van der Waals surface area contributed by atoms with Gasteiger partial charge in [0.05, 0.1) is 16.3 Å². The summed E-state index contributed by atoms with van der Waals surface area (Å²) in [5.74, 6) is -0.185. The van der Waals surface area contributed by atoms with E-state index in [-0.39, 0.29) is 11.3 Å². The lowest BCUT2D eigenvalue weighted by Gasteiger charge is -2.36. The van der Waals surface area contributed by atoms with Crippen molar-refractivity contribution < 1.29 is 4.79 Å². The molecule has 8 heteroatoms. The zero-order valence-corrected chi connectivity index (χ0v) is 19.7. The Hall–Kier alpha value is -3.16. The highest BCUT2D eigenvalue weighted by atomic mass is 35.5. The van der Waals surface area contributed by atoms with E-state index >= 15 is 0 Å². The molecule has 33 heavy (non-hydrogen) atoms. The highest BCUT2D eigenvalue weighted by molar-refractivity contribution is 6.33. The minimum Gasteiger partial charge on any atom is -0.379 e. The van der Waals surface area contributed by atoms with Crippen LogP contribution in [0, 0.1) is 0 Å². The lowest BCUT2D eigenvalue weighted by molar-refractivity contribution is 0.101. The van der Waals surface area contributed by atoms with Crippen LogP contribution in [0.25, 0.3) is 11.3 Å². The number of halogens is 1. The standard InChI is InChI=1S/C25H28ClN5O2/c1-18(32)22-23(19-8-4-3-5-9-19)28-29(2)25(33)24(22)27-12-13-30-14-16-31(17-15-30)21-11-7-6-10-20(21)26/h3-11,27H,12-17H2,1-2H3. The van der Waals surface area contributed by atoms with E-state index in [9.17, 15) is 9.59 Å². The van der Waals surface area contributed by atoms with Gasteiger partial charge < -0.3 is 10.2 Å². The molecule has 2 heterocycles. The van der Waals surface area contributed by atoms with Crippen molar-refractivity contribution in [3.05, 3.63) is 75.5 Å². The predicted molar refractivity (Wildman–Crippen MR) is 134 cm³/mol. The first-order valence-electron chi connectivity index (χ1n) is 11.1. The smallest absolute Gasteiger partial charge is 0.290 e. The number of rotatable bonds is 7. The second-order valence-electron chi connectivity index (χ2n) is 8.16. The number of nitrogens with zero attached hydrogens (tertiary/aromatic N) is 4. The quantitative estimate of drug-likeness (QED) is 0.538. The van der Waals surface area contributed by atoms with Gasteiger partial charge in [-0.2, -0.15) is 5.10 Å². The van der Waals surface area contributed by atoms with Crippen molar-refractivity contribution in [3.63, 3.8) is 0 Å². The average molecular weight is 466 g/mol. The molecule has 0 atom stereocenters. The first-order valence-corrected chi connectivity index (χ1v) is 11.5. The Morgan fingerprint density at radius 1 is 1.03 bits per heavy atom. The highest BCUT2D eigenvalue weighted by Gasteiger charge is 2.22. The number of hydrogen-bond donors (Lipinski definition) is 1. The summed E-state index contributed by atoms with van der Waals surface area (Å²) in [4.78, 5) is 30.0. The summed E-state index contributed by atoms with van der Waals surface area (Å²) in [6.07, 6.45) is 0. The third kappa shape index (κ3) is 5.10. The molecule has 1 saturated heterocycles. The summed E-state index contributed by atoms with van der Waals surface area (Å²) < 4.78 is 1.29. The van der Waals surface area contributed by atoms with Crippen LogP contribution in [0.3, 0.4) is 0 Å². The van der Waals surface area contributed by atoms with Gasteiger partial charge in [-0.1, -0.05) is 54.1 Å². The van der Waals surface area contributed by atoms with Gasteiger partial charge in [0, 0.05) is 51.9 Å². The summed E-state index contributed by atoms with van der Waals surface area (Å²) in [7, 11) is 1.61. The van der Waals surface area contributed by atoms with Gasteiger partial charge in [-0.05, 0) is 19.1 Å². The summed E-state index contributed by atoms with van der Waals surface area (Å²) in [5.41, 5.74) is 2.74. The van der Waals surface area contributed by atoms with Gasteiger partial charge in [0.2, 0.25) is 0 Å². The fourth-order valence-corrected chi connectivity index (χ4v) is 4.45. The van der Waals surface area contributed by atoms with Gasteiger partial charge in [0.15, 0.2) is 5.78 Å². The predicted octanol–water partition coefficient (Wildman–Crippen LogP) is 3.54. The van der Waals surface area contributed by atoms with Gasteiger partial charge in [-0.3, -0.25) is 14.5 Å². The average Bonchev–Trinajstić information content (AvgIpc) is 2.82. The van der Waals surface area contributed by atoms with Gasteiger partial charge in [0.25, 0.3) is 5.56 Å². The number of carbonyl (C=O) groups is 1. The minimum absolute atomic E-state index is 0.185. The molecule has 0 spiro atoms. The molecule has 1 fully saturated rings. The maximum absolute atomic E-state index is 12.8. The Balaban J connectivity index is 1.45. The van der Waals surface area contributed by atoms with E-state index in [4.69, 9.17) is 11.6 Å². The summed E-state index contributed by atoms with van der Waals surface area (Å²) in [6, 6.07) is 17.4. The van der Waals surface area contributed by atoms with Gasteiger partial charge in [-0.15, -0.1) is 0 Å². The molecule has 0 bridgehead atoms. The van der Waals surface area contributed by atoms with Crippen LogP contribution in [0.4, 0.5) is 11.4 Å². The minimum atomic E-state index is -0.302. The molecule has 1 aromatic heterocycles. The second-order valence-corrected chi connectivity index (χ2v) is 8.56. The maximum atomic E-state index is 12.8. The van der Waals surface area contributed by atoms with Crippen molar-refractivity contribution >= 4 is 28.8 Å². The van der Waals surface area contributed by atoms with Crippen molar-refractivity contribution in [2.45, 2.75) is 6.92 Å². The third-order valence-electron chi connectivity index (χ3n) is 5.94. The number of para-hydroxylation sites is 1. The molecule has 0 saturated carbocycles. The Morgan fingerprint density at radius 3 is 2.36 bits per heavy atom. The summed E-state index contributed by atoms with van der Waals surface area (Å²) in [5, 5.41) is 8.40. The number of piperazine rings is 1. The van der Waals surface area contributed by atoms with Gasteiger partial charge >= 0.3 is 0 Å². The molecule has 0 amide bonds. The van der Waals surface area contributed by atoms with E-state index in [1.165, 1.54) is 11.6 Å². The second kappa shape index (κ2) is 10.2. The van der Waals surface area contributed by atoms with E-state index in [0.29, 0.717) is 23.5 Å². The Kier molecular flexibility index (Phi) is 7.11. The van der Waals surface area contributed by atoms with Crippen molar-refractivity contribution in [1.82, 2.24) is 14.7 Å². The Bertz CT molecular complexity index is 1190. The van der Waals surface area contributed by atoms with E-state index in [1.54, 1.807) is 7.05 Å². The van der Waals surface area contributed by atoms with Crippen molar-refractivity contribution in [1.29, 1.82) is 0 Å². The van der Waals surface area contributed by atoms with E-state index in [1.807, 2.05) is 54.6 Å². The van der Waals surface area contributed by atoms with E-state index < -0.39 is 0 Å². The monoisotopic (exact) mass is 465 g/mol. The topological polar surface area (TPSA) is 70.5 Å². The van der Waals surface area contributed by atoms with Crippen LogP contribution in [0.1, 0.15) is 17.3 Å². The number of carbonyl (C=O) groups excluding carboxylic acids is 1. The zero-order valence-electron chi connectivity index (χ0n) is 18.9. The zero-order chi connectivity index (χ0) is 23.4.